The highest BCUT2D eigenvalue weighted by molar-refractivity contribution is 5.33. The number of benzene rings is 1. The SMILES string of the molecule is O[C@H]1CCCN(Cc2ccc(-n3cccn3)cc2)C1. The fraction of sp³-hybridized carbons (Fsp3) is 0.400. The molecule has 2 heterocycles. The van der Waals surface area contributed by atoms with Gasteiger partial charge in [-0.1, -0.05) is 12.1 Å². The van der Waals surface area contributed by atoms with Gasteiger partial charge in [0.2, 0.25) is 0 Å². The van der Waals surface area contributed by atoms with Crippen LogP contribution < -0.4 is 0 Å². The molecule has 0 amide bonds. The van der Waals surface area contributed by atoms with E-state index in [1.807, 2.05) is 16.9 Å². The Morgan fingerprint density at radius 1 is 1.26 bits per heavy atom. The van der Waals surface area contributed by atoms with Crippen molar-refractivity contribution in [1.29, 1.82) is 0 Å². The first-order chi connectivity index (χ1) is 9.31. The van der Waals surface area contributed by atoms with Crippen molar-refractivity contribution < 1.29 is 5.11 Å². The molecule has 1 aliphatic rings. The number of hydrogen-bond acceptors (Lipinski definition) is 3. The quantitative estimate of drug-likeness (QED) is 0.912. The van der Waals surface area contributed by atoms with E-state index in [0.29, 0.717) is 0 Å². The van der Waals surface area contributed by atoms with Crippen molar-refractivity contribution in [2.45, 2.75) is 25.5 Å². The molecule has 3 rings (SSSR count). The van der Waals surface area contributed by atoms with Gasteiger partial charge in [0.25, 0.3) is 0 Å². The van der Waals surface area contributed by atoms with Gasteiger partial charge in [-0.3, -0.25) is 4.90 Å². The molecular formula is C15H19N3O. The highest BCUT2D eigenvalue weighted by Gasteiger charge is 2.17. The van der Waals surface area contributed by atoms with Crippen molar-refractivity contribution in [3.63, 3.8) is 0 Å². The third-order valence-electron chi connectivity index (χ3n) is 3.59. The van der Waals surface area contributed by atoms with Crippen molar-refractivity contribution in [2.75, 3.05) is 13.1 Å². The normalized spacial score (nSPS) is 20.6. The van der Waals surface area contributed by atoms with Gasteiger partial charge in [-0.2, -0.15) is 5.10 Å². The van der Waals surface area contributed by atoms with Crippen LogP contribution in [-0.2, 0) is 6.54 Å². The molecule has 4 heteroatoms. The number of aliphatic hydroxyl groups is 1. The number of aliphatic hydroxyl groups excluding tert-OH is 1. The zero-order valence-electron chi connectivity index (χ0n) is 10.9. The first-order valence-corrected chi connectivity index (χ1v) is 6.80. The van der Waals surface area contributed by atoms with Gasteiger partial charge in [-0.15, -0.1) is 0 Å². The summed E-state index contributed by atoms with van der Waals surface area (Å²) >= 11 is 0. The third kappa shape index (κ3) is 3.03. The van der Waals surface area contributed by atoms with E-state index < -0.39 is 0 Å². The maximum Gasteiger partial charge on any atom is 0.0667 e. The van der Waals surface area contributed by atoms with Gasteiger partial charge in [0.1, 0.15) is 0 Å². The molecule has 0 saturated carbocycles. The average molecular weight is 257 g/mol. The Morgan fingerprint density at radius 3 is 2.79 bits per heavy atom. The summed E-state index contributed by atoms with van der Waals surface area (Å²) in [4.78, 5) is 2.32. The molecule has 19 heavy (non-hydrogen) atoms. The average Bonchev–Trinajstić information content (AvgIpc) is 2.94. The maximum atomic E-state index is 9.67. The Kier molecular flexibility index (Phi) is 3.62. The molecule has 1 atom stereocenters. The summed E-state index contributed by atoms with van der Waals surface area (Å²) in [7, 11) is 0. The van der Waals surface area contributed by atoms with E-state index >= 15 is 0 Å². The molecule has 1 N–H and O–H groups in total. The number of rotatable bonds is 3. The summed E-state index contributed by atoms with van der Waals surface area (Å²) in [6.07, 6.45) is 5.59. The van der Waals surface area contributed by atoms with Crippen LogP contribution in [0.1, 0.15) is 18.4 Å². The van der Waals surface area contributed by atoms with Crippen LogP contribution in [0.3, 0.4) is 0 Å². The van der Waals surface area contributed by atoms with Crippen LogP contribution in [0.2, 0.25) is 0 Å². The van der Waals surface area contributed by atoms with E-state index in [-0.39, 0.29) is 6.10 Å². The van der Waals surface area contributed by atoms with E-state index in [9.17, 15) is 5.11 Å². The predicted molar refractivity (Wildman–Crippen MR) is 74.1 cm³/mol. The van der Waals surface area contributed by atoms with E-state index in [0.717, 1.165) is 38.2 Å². The number of piperidine rings is 1. The fourth-order valence-corrected chi connectivity index (χ4v) is 2.61. The van der Waals surface area contributed by atoms with Gasteiger partial charge >= 0.3 is 0 Å². The summed E-state index contributed by atoms with van der Waals surface area (Å²) in [5.41, 5.74) is 2.36. The molecule has 100 valence electrons. The van der Waals surface area contributed by atoms with E-state index in [1.54, 1.807) is 6.20 Å². The minimum Gasteiger partial charge on any atom is -0.392 e. The summed E-state index contributed by atoms with van der Waals surface area (Å²) in [6, 6.07) is 10.4. The molecule has 0 spiro atoms. The largest absolute Gasteiger partial charge is 0.392 e. The molecule has 1 fully saturated rings. The molecule has 0 unspecified atom stereocenters. The minimum atomic E-state index is -0.155. The van der Waals surface area contributed by atoms with Crippen LogP contribution in [0.4, 0.5) is 0 Å². The lowest BCUT2D eigenvalue weighted by atomic mass is 10.1. The Balaban J connectivity index is 1.66. The standard InChI is InChI=1S/C15H19N3O/c19-15-3-1-9-17(12-15)11-13-4-6-14(7-5-13)18-10-2-8-16-18/h2,4-8,10,15,19H,1,3,9,11-12H2/t15-/m0/s1. The van der Waals surface area contributed by atoms with Crippen molar-refractivity contribution in [1.82, 2.24) is 14.7 Å². The summed E-state index contributed by atoms with van der Waals surface area (Å²) in [5.74, 6) is 0. The summed E-state index contributed by atoms with van der Waals surface area (Å²) in [6.45, 7) is 2.79. The number of nitrogens with zero attached hydrogens (tertiary/aromatic N) is 3. The number of hydrogen-bond donors (Lipinski definition) is 1. The smallest absolute Gasteiger partial charge is 0.0667 e. The van der Waals surface area contributed by atoms with Crippen molar-refractivity contribution >= 4 is 0 Å². The van der Waals surface area contributed by atoms with Crippen molar-refractivity contribution in [3.8, 4) is 5.69 Å². The Labute approximate surface area is 113 Å². The van der Waals surface area contributed by atoms with Crippen molar-refractivity contribution in [2.24, 2.45) is 0 Å². The van der Waals surface area contributed by atoms with Gasteiger partial charge in [-0.05, 0) is 43.1 Å². The lowest BCUT2D eigenvalue weighted by Crippen LogP contribution is -2.37. The Morgan fingerprint density at radius 2 is 2.11 bits per heavy atom. The third-order valence-corrected chi connectivity index (χ3v) is 3.59. The second kappa shape index (κ2) is 5.55. The molecule has 0 radical (unpaired) electrons. The highest BCUT2D eigenvalue weighted by Crippen LogP contribution is 2.15. The zero-order chi connectivity index (χ0) is 13.1. The van der Waals surface area contributed by atoms with Gasteiger partial charge in [0, 0.05) is 25.5 Å². The van der Waals surface area contributed by atoms with Crippen LogP contribution in [0, 0.1) is 0 Å². The van der Waals surface area contributed by atoms with E-state index in [4.69, 9.17) is 0 Å². The Bertz CT molecular complexity index is 507. The Hall–Kier alpha value is -1.65. The molecule has 4 nitrogen and oxygen atoms in total. The second-order valence-corrected chi connectivity index (χ2v) is 5.15. The summed E-state index contributed by atoms with van der Waals surface area (Å²) in [5, 5.41) is 13.9. The van der Waals surface area contributed by atoms with Crippen molar-refractivity contribution in [3.05, 3.63) is 48.3 Å². The van der Waals surface area contributed by atoms with Crippen LogP contribution in [0.15, 0.2) is 42.7 Å². The molecule has 2 aromatic rings. The van der Waals surface area contributed by atoms with Crippen LogP contribution in [0.25, 0.3) is 5.69 Å². The fourth-order valence-electron chi connectivity index (χ4n) is 2.61. The van der Waals surface area contributed by atoms with E-state index in [1.165, 1.54) is 5.56 Å². The van der Waals surface area contributed by atoms with Gasteiger partial charge in [0.15, 0.2) is 0 Å². The molecular weight excluding hydrogens is 238 g/mol. The lowest BCUT2D eigenvalue weighted by Gasteiger charge is -2.29. The zero-order valence-corrected chi connectivity index (χ0v) is 10.9. The predicted octanol–water partition coefficient (Wildman–Crippen LogP) is 1.83. The molecule has 1 aliphatic heterocycles. The lowest BCUT2D eigenvalue weighted by molar-refractivity contribution is 0.0668. The van der Waals surface area contributed by atoms with Crippen LogP contribution in [0.5, 0.6) is 0 Å². The van der Waals surface area contributed by atoms with Crippen LogP contribution in [-0.4, -0.2) is 39.0 Å². The van der Waals surface area contributed by atoms with Crippen LogP contribution >= 0.6 is 0 Å². The number of likely N-dealkylation sites (tertiary alicyclic amines) is 1. The molecule has 1 saturated heterocycles. The van der Waals surface area contributed by atoms with Gasteiger partial charge in [-0.25, -0.2) is 4.68 Å². The molecule has 0 aliphatic carbocycles. The number of β-amino-alcohol motifs (C(OH)–C–C–N with tert-alkyl or cyclic N) is 1. The monoisotopic (exact) mass is 257 g/mol. The second-order valence-electron chi connectivity index (χ2n) is 5.15. The minimum absolute atomic E-state index is 0.155. The van der Waals surface area contributed by atoms with Gasteiger partial charge in [0.05, 0.1) is 11.8 Å². The molecule has 1 aromatic heterocycles. The van der Waals surface area contributed by atoms with E-state index in [2.05, 4.69) is 34.3 Å². The molecule has 1 aromatic carbocycles. The maximum absolute atomic E-state index is 9.67. The topological polar surface area (TPSA) is 41.3 Å². The first-order valence-electron chi connectivity index (χ1n) is 6.80. The number of aromatic nitrogens is 2. The first kappa shape index (κ1) is 12.4. The summed E-state index contributed by atoms with van der Waals surface area (Å²) < 4.78 is 1.86. The van der Waals surface area contributed by atoms with Gasteiger partial charge < -0.3 is 5.11 Å². The highest BCUT2D eigenvalue weighted by atomic mass is 16.3. The molecule has 0 bridgehead atoms.